The number of phenolic OH excluding ortho intramolecular Hbond substituents is 1. The third-order valence-electron chi connectivity index (χ3n) is 3.37. The van der Waals surface area contributed by atoms with Gasteiger partial charge in [0.1, 0.15) is 0 Å². The Morgan fingerprint density at radius 1 is 1.25 bits per heavy atom. The average Bonchev–Trinajstić information content (AvgIpc) is 2.39. The molecule has 7 heteroatoms. The maximum Gasteiger partial charge on any atom is 0.390 e. The van der Waals surface area contributed by atoms with Crippen LogP contribution in [0.2, 0.25) is 0 Å². The van der Waals surface area contributed by atoms with Crippen molar-refractivity contribution < 1.29 is 22.7 Å². The third-order valence-corrected chi connectivity index (χ3v) is 3.37. The molecular formula is C13H16F4N2O. The molecule has 1 saturated heterocycles. The zero-order valence-corrected chi connectivity index (χ0v) is 10.8. The number of benzene rings is 1. The van der Waals surface area contributed by atoms with Crippen molar-refractivity contribution >= 4 is 0 Å². The molecule has 2 rings (SSSR count). The smallest absolute Gasteiger partial charge is 0.390 e. The van der Waals surface area contributed by atoms with E-state index >= 15 is 0 Å². The molecular weight excluding hydrogens is 276 g/mol. The van der Waals surface area contributed by atoms with Gasteiger partial charge in [-0.15, -0.1) is 0 Å². The first-order chi connectivity index (χ1) is 9.37. The second kappa shape index (κ2) is 5.97. The molecule has 3 nitrogen and oxygen atoms in total. The molecule has 1 aliphatic rings. The summed E-state index contributed by atoms with van der Waals surface area (Å²) < 4.78 is 51.6. The van der Waals surface area contributed by atoms with Gasteiger partial charge in [0.05, 0.1) is 6.42 Å². The van der Waals surface area contributed by atoms with E-state index in [0.29, 0.717) is 26.2 Å². The van der Waals surface area contributed by atoms with Crippen molar-refractivity contribution in [3.63, 3.8) is 0 Å². The molecule has 1 atom stereocenters. The monoisotopic (exact) mass is 292 g/mol. The van der Waals surface area contributed by atoms with E-state index in [-0.39, 0.29) is 5.56 Å². The summed E-state index contributed by atoms with van der Waals surface area (Å²) in [5.74, 6) is -1.45. The fourth-order valence-electron chi connectivity index (χ4n) is 2.40. The standard InChI is InChI=1S/C13H16F4N2O/c14-10-7-9(1-2-12(10)20)11(8-13(15,16)17)19-5-3-18-4-6-19/h1-2,7,11,18,20H,3-6,8H2/t11-/m1/s1. The van der Waals surface area contributed by atoms with E-state index in [1.54, 1.807) is 4.90 Å². The molecule has 2 N–H and O–H groups in total. The van der Waals surface area contributed by atoms with Crippen molar-refractivity contribution in [2.24, 2.45) is 0 Å². The molecule has 0 amide bonds. The number of rotatable bonds is 3. The number of alkyl halides is 3. The van der Waals surface area contributed by atoms with Gasteiger partial charge in [0.15, 0.2) is 11.6 Å². The van der Waals surface area contributed by atoms with Crippen molar-refractivity contribution in [1.29, 1.82) is 0 Å². The molecule has 0 aliphatic carbocycles. The van der Waals surface area contributed by atoms with Gasteiger partial charge in [-0.1, -0.05) is 6.07 Å². The molecule has 0 spiro atoms. The van der Waals surface area contributed by atoms with Crippen molar-refractivity contribution in [2.75, 3.05) is 26.2 Å². The van der Waals surface area contributed by atoms with Crippen LogP contribution in [0.1, 0.15) is 18.0 Å². The normalized spacial score (nSPS) is 19.0. The van der Waals surface area contributed by atoms with E-state index in [9.17, 15) is 17.6 Å². The summed E-state index contributed by atoms with van der Waals surface area (Å²) in [6, 6.07) is 2.49. The van der Waals surface area contributed by atoms with Gasteiger partial charge in [0.2, 0.25) is 0 Å². The van der Waals surface area contributed by atoms with Crippen molar-refractivity contribution in [3.05, 3.63) is 29.6 Å². The lowest BCUT2D eigenvalue weighted by atomic mass is 10.0. The van der Waals surface area contributed by atoms with Gasteiger partial charge in [0.25, 0.3) is 0 Å². The number of aromatic hydroxyl groups is 1. The van der Waals surface area contributed by atoms with E-state index in [4.69, 9.17) is 5.11 Å². The molecule has 20 heavy (non-hydrogen) atoms. The van der Waals surface area contributed by atoms with Crippen LogP contribution < -0.4 is 5.32 Å². The highest BCUT2D eigenvalue weighted by atomic mass is 19.4. The van der Waals surface area contributed by atoms with Crippen LogP contribution in [0.3, 0.4) is 0 Å². The second-order valence-corrected chi connectivity index (χ2v) is 4.83. The lowest BCUT2D eigenvalue weighted by Gasteiger charge is -2.35. The summed E-state index contributed by atoms with van der Waals surface area (Å²) >= 11 is 0. The second-order valence-electron chi connectivity index (χ2n) is 4.83. The minimum atomic E-state index is -4.33. The van der Waals surface area contributed by atoms with Gasteiger partial charge >= 0.3 is 6.18 Å². The van der Waals surface area contributed by atoms with Gasteiger partial charge in [-0.25, -0.2) is 4.39 Å². The summed E-state index contributed by atoms with van der Waals surface area (Å²) in [7, 11) is 0. The number of nitrogens with one attached hydrogen (secondary N) is 1. The van der Waals surface area contributed by atoms with Crippen LogP contribution in [0.25, 0.3) is 0 Å². The number of halogens is 4. The van der Waals surface area contributed by atoms with Gasteiger partial charge in [-0.3, -0.25) is 4.90 Å². The van der Waals surface area contributed by atoms with Crippen LogP contribution in [0.5, 0.6) is 5.75 Å². The van der Waals surface area contributed by atoms with E-state index in [1.807, 2.05) is 0 Å². The molecule has 1 heterocycles. The number of nitrogens with zero attached hydrogens (tertiary/aromatic N) is 1. The van der Waals surface area contributed by atoms with Crippen LogP contribution >= 0.6 is 0 Å². The number of hydrogen-bond donors (Lipinski definition) is 2. The topological polar surface area (TPSA) is 35.5 Å². The lowest BCUT2D eigenvalue weighted by molar-refractivity contribution is -0.148. The Balaban J connectivity index is 2.26. The predicted molar refractivity (Wildman–Crippen MR) is 65.9 cm³/mol. The lowest BCUT2D eigenvalue weighted by Crippen LogP contribution is -2.46. The molecule has 0 saturated carbocycles. The maximum absolute atomic E-state index is 13.4. The molecule has 0 unspecified atom stereocenters. The zero-order valence-electron chi connectivity index (χ0n) is 10.8. The van der Waals surface area contributed by atoms with Gasteiger partial charge in [-0.05, 0) is 17.7 Å². The fraction of sp³-hybridized carbons (Fsp3) is 0.538. The summed E-state index contributed by atoms with van der Waals surface area (Å²) in [5, 5.41) is 12.2. The fourth-order valence-corrected chi connectivity index (χ4v) is 2.40. The van der Waals surface area contributed by atoms with Crippen LogP contribution in [-0.2, 0) is 0 Å². The SMILES string of the molecule is Oc1ccc([C@@H](CC(F)(F)F)N2CCNCC2)cc1F. The van der Waals surface area contributed by atoms with Gasteiger partial charge in [-0.2, -0.15) is 13.2 Å². The van der Waals surface area contributed by atoms with Crippen LogP contribution in [-0.4, -0.2) is 42.4 Å². The first kappa shape index (κ1) is 15.1. The predicted octanol–water partition coefficient (Wildman–Crippen LogP) is 2.43. The van der Waals surface area contributed by atoms with E-state index in [0.717, 1.165) is 12.1 Å². The first-order valence-electron chi connectivity index (χ1n) is 6.37. The Kier molecular flexibility index (Phi) is 4.49. The Morgan fingerprint density at radius 3 is 2.45 bits per heavy atom. The van der Waals surface area contributed by atoms with E-state index in [2.05, 4.69) is 5.32 Å². The molecule has 1 fully saturated rings. The van der Waals surface area contributed by atoms with E-state index < -0.39 is 30.2 Å². The number of phenols is 1. The molecule has 0 aromatic heterocycles. The molecule has 0 radical (unpaired) electrons. The first-order valence-corrected chi connectivity index (χ1v) is 6.37. The molecule has 0 bridgehead atoms. The summed E-state index contributed by atoms with van der Waals surface area (Å²) in [4.78, 5) is 1.69. The molecule has 1 aliphatic heterocycles. The number of hydrogen-bond acceptors (Lipinski definition) is 3. The van der Waals surface area contributed by atoms with Crippen molar-refractivity contribution in [3.8, 4) is 5.75 Å². The molecule has 1 aromatic carbocycles. The highest BCUT2D eigenvalue weighted by Crippen LogP contribution is 2.35. The Labute approximate surface area is 114 Å². The van der Waals surface area contributed by atoms with Crippen LogP contribution in [0.15, 0.2) is 18.2 Å². The van der Waals surface area contributed by atoms with Crippen molar-refractivity contribution in [2.45, 2.75) is 18.6 Å². The van der Waals surface area contributed by atoms with Crippen LogP contribution in [0.4, 0.5) is 17.6 Å². The number of piperazine rings is 1. The minimum absolute atomic E-state index is 0.236. The largest absolute Gasteiger partial charge is 0.505 e. The summed E-state index contributed by atoms with van der Waals surface area (Å²) in [5.41, 5.74) is 0.236. The highest BCUT2D eigenvalue weighted by Gasteiger charge is 2.36. The molecule has 1 aromatic rings. The van der Waals surface area contributed by atoms with Gasteiger partial charge in [0, 0.05) is 32.2 Å². The Bertz CT molecular complexity index is 458. The van der Waals surface area contributed by atoms with Gasteiger partial charge < -0.3 is 10.4 Å². The quantitative estimate of drug-likeness (QED) is 0.840. The maximum atomic E-state index is 13.4. The Hall–Kier alpha value is -1.34. The Morgan fingerprint density at radius 2 is 1.90 bits per heavy atom. The van der Waals surface area contributed by atoms with Crippen LogP contribution in [0, 0.1) is 5.82 Å². The summed E-state index contributed by atoms with van der Waals surface area (Å²) in [6.45, 7) is 2.16. The zero-order chi connectivity index (χ0) is 14.8. The van der Waals surface area contributed by atoms with E-state index in [1.165, 1.54) is 6.07 Å². The average molecular weight is 292 g/mol. The van der Waals surface area contributed by atoms with Crippen molar-refractivity contribution in [1.82, 2.24) is 10.2 Å². The summed E-state index contributed by atoms with van der Waals surface area (Å²) in [6.07, 6.45) is -5.36. The molecule has 112 valence electrons. The highest BCUT2D eigenvalue weighted by molar-refractivity contribution is 5.30. The minimum Gasteiger partial charge on any atom is -0.505 e. The third kappa shape index (κ3) is 3.83.